The maximum atomic E-state index is 5.62. The van der Waals surface area contributed by atoms with E-state index in [4.69, 9.17) is 15.2 Å². The number of rotatable bonds is 6. The second-order valence-electron chi connectivity index (χ2n) is 3.54. The lowest BCUT2D eigenvalue weighted by molar-refractivity contribution is 0.176. The molecule has 0 aliphatic carbocycles. The predicted octanol–water partition coefficient (Wildman–Crippen LogP) is 1.55. The molecule has 1 aromatic heterocycles. The largest absolute Gasteiger partial charge is 0.477 e. The standard InChI is InChI=1S/C11H17N3O2/c1-8(2)4-5-16-11-6-9(12)13-10(14-11)7-15-3/h6H,1,4-5,7H2,2-3H3,(H2,12,13,14). The molecule has 16 heavy (non-hydrogen) atoms. The Hall–Kier alpha value is -1.62. The van der Waals surface area contributed by atoms with E-state index in [0.29, 0.717) is 30.7 Å². The molecule has 5 nitrogen and oxygen atoms in total. The van der Waals surface area contributed by atoms with E-state index in [1.165, 1.54) is 0 Å². The molecule has 0 aliphatic heterocycles. The van der Waals surface area contributed by atoms with Gasteiger partial charge in [0.2, 0.25) is 5.88 Å². The summed E-state index contributed by atoms with van der Waals surface area (Å²) in [4.78, 5) is 8.16. The van der Waals surface area contributed by atoms with Gasteiger partial charge in [0.15, 0.2) is 5.82 Å². The number of nitrogens with two attached hydrogens (primary N) is 1. The van der Waals surface area contributed by atoms with Crippen molar-refractivity contribution in [3.8, 4) is 5.88 Å². The SMILES string of the molecule is C=C(C)CCOc1cc(N)nc(COC)n1. The van der Waals surface area contributed by atoms with E-state index in [0.717, 1.165) is 12.0 Å². The van der Waals surface area contributed by atoms with Crippen molar-refractivity contribution in [3.05, 3.63) is 24.0 Å². The third-order valence-corrected chi connectivity index (χ3v) is 1.82. The second-order valence-corrected chi connectivity index (χ2v) is 3.54. The van der Waals surface area contributed by atoms with E-state index in [9.17, 15) is 0 Å². The summed E-state index contributed by atoms with van der Waals surface area (Å²) >= 11 is 0. The summed E-state index contributed by atoms with van der Waals surface area (Å²) in [7, 11) is 1.58. The zero-order valence-electron chi connectivity index (χ0n) is 9.69. The first kappa shape index (κ1) is 12.4. The van der Waals surface area contributed by atoms with Crippen molar-refractivity contribution in [3.63, 3.8) is 0 Å². The summed E-state index contributed by atoms with van der Waals surface area (Å²) in [5.74, 6) is 1.38. The highest BCUT2D eigenvalue weighted by Crippen LogP contribution is 2.12. The van der Waals surface area contributed by atoms with Gasteiger partial charge in [-0.1, -0.05) is 5.57 Å². The number of anilines is 1. The molecular weight excluding hydrogens is 206 g/mol. The first-order chi connectivity index (χ1) is 7.61. The van der Waals surface area contributed by atoms with Crippen LogP contribution in [0.2, 0.25) is 0 Å². The highest BCUT2D eigenvalue weighted by Gasteiger charge is 2.03. The highest BCUT2D eigenvalue weighted by molar-refractivity contribution is 5.32. The summed E-state index contributed by atoms with van der Waals surface area (Å²) in [6.07, 6.45) is 0.795. The molecule has 0 amide bonds. The number of nitrogens with zero attached hydrogens (tertiary/aromatic N) is 2. The van der Waals surface area contributed by atoms with E-state index in [1.807, 2.05) is 6.92 Å². The fourth-order valence-electron chi connectivity index (χ4n) is 1.09. The second kappa shape index (κ2) is 6.07. The van der Waals surface area contributed by atoms with E-state index in [2.05, 4.69) is 16.5 Å². The van der Waals surface area contributed by atoms with Crippen LogP contribution in [0.15, 0.2) is 18.2 Å². The summed E-state index contributed by atoms with van der Waals surface area (Å²) in [5, 5.41) is 0. The van der Waals surface area contributed by atoms with E-state index >= 15 is 0 Å². The number of nitrogen functional groups attached to an aromatic ring is 1. The molecule has 0 saturated heterocycles. The summed E-state index contributed by atoms with van der Waals surface area (Å²) in [5.41, 5.74) is 6.69. The van der Waals surface area contributed by atoms with Crippen LogP contribution < -0.4 is 10.5 Å². The molecule has 0 saturated carbocycles. The molecule has 0 aliphatic rings. The zero-order valence-corrected chi connectivity index (χ0v) is 9.69. The van der Waals surface area contributed by atoms with Gasteiger partial charge in [-0.3, -0.25) is 0 Å². The Balaban J connectivity index is 2.61. The lowest BCUT2D eigenvalue weighted by Gasteiger charge is -2.07. The van der Waals surface area contributed by atoms with Crippen molar-refractivity contribution in [1.29, 1.82) is 0 Å². The van der Waals surface area contributed by atoms with Gasteiger partial charge < -0.3 is 15.2 Å². The van der Waals surface area contributed by atoms with E-state index in [-0.39, 0.29) is 0 Å². The molecule has 88 valence electrons. The van der Waals surface area contributed by atoms with Crippen LogP contribution in [0.1, 0.15) is 19.2 Å². The average molecular weight is 223 g/mol. The third-order valence-electron chi connectivity index (χ3n) is 1.82. The van der Waals surface area contributed by atoms with E-state index < -0.39 is 0 Å². The Morgan fingerprint density at radius 3 is 2.88 bits per heavy atom. The van der Waals surface area contributed by atoms with Gasteiger partial charge in [0.05, 0.1) is 6.61 Å². The molecule has 0 aromatic carbocycles. The first-order valence-electron chi connectivity index (χ1n) is 5.01. The lowest BCUT2D eigenvalue weighted by Crippen LogP contribution is -2.05. The molecule has 0 spiro atoms. The molecule has 0 fully saturated rings. The predicted molar refractivity (Wildman–Crippen MR) is 62.1 cm³/mol. The van der Waals surface area contributed by atoms with Crippen LogP contribution in [-0.4, -0.2) is 23.7 Å². The molecule has 0 radical (unpaired) electrons. The summed E-state index contributed by atoms with van der Waals surface area (Å²) < 4.78 is 10.4. The molecule has 1 heterocycles. The van der Waals surface area contributed by atoms with Gasteiger partial charge in [0.1, 0.15) is 12.4 Å². The van der Waals surface area contributed by atoms with Gasteiger partial charge in [0, 0.05) is 19.6 Å². The summed E-state index contributed by atoms with van der Waals surface area (Å²) in [6.45, 7) is 6.61. The minimum absolute atomic E-state index is 0.321. The Bertz CT molecular complexity index is 366. The number of hydrogen-bond donors (Lipinski definition) is 1. The van der Waals surface area contributed by atoms with Crippen LogP contribution in [0.5, 0.6) is 5.88 Å². The van der Waals surface area contributed by atoms with Gasteiger partial charge in [-0.05, 0) is 6.92 Å². The quantitative estimate of drug-likeness (QED) is 0.741. The minimum atomic E-state index is 0.321. The Morgan fingerprint density at radius 1 is 1.50 bits per heavy atom. The molecule has 0 unspecified atom stereocenters. The zero-order chi connectivity index (χ0) is 12.0. The third kappa shape index (κ3) is 4.27. The fraction of sp³-hybridized carbons (Fsp3) is 0.455. The van der Waals surface area contributed by atoms with Gasteiger partial charge >= 0.3 is 0 Å². The topological polar surface area (TPSA) is 70.3 Å². The molecule has 0 atom stereocenters. The summed E-state index contributed by atoms with van der Waals surface area (Å²) in [6, 6.07) is 1.59. The van der Waals surface area contributed by atoms with Gasteiger partial charge in [-0.2, -0.15) is 4.98 Å². The van der Waals surface area contributed by atoms with Crippen molar-refractivity contribution in [1.82, 2.24) is 9.97 Å². The number of hydrogen-bond acceptors (Lipinski definition) is 5. The number of ether oxygens (including phenoxy) is 2. The average Bonchev–Trinajstić information content (AvgIpc) is 2.16. The van der Waals surface area contributed by atoms with Crippen molar-refractivity contribution < 1.29 is 9.47 Å². The fourth-order valence-corrected chi connectivity index (χ4v) is 1.09. The maximum absolute atomic E-state index is 5.62. The maximum Gasteiger partial charge on any atom is 0.218 e. The van der Waals surface area contributed by atoms with Crippen molar-refractivity contribution >= 4 is 5.82 Å². The van der Waals surface area contributed by atoms with Crippen LogP contribution in [0, 0.1) is 0 Å². The van der Waals surface area contributed by atoms with Crippen LogP contribution in [0.25, 0.3) is 0 Å². The molecule has 5 heteroatoms. The smallest absolute Gasteiger partial charge is 0.218 e. The Kier molecular flexibility index (Phi) is 4.72. The van der Waals surface area contributed by atoms with Gasteiger partial charge in [-0.25, -0.2) is 4.98 Å². The van der Waals surface area contributed by atoms with Crippen molar-refractivity contribution in [2.24, 2.45) is 0 Å². The van der Waals surface area contributed by atoms with Crippen molar-refractivity contribution in [2.75, 3.05) is 19.5 Å². The van der Waals surface area contributed by atoms with Crippen molar-refractivity contribution in [2.45, 2.75) is 20.0 Å². The number of methoxy groups -OCH3 is 1. The van der Waals surface area contributed by atoms with E-state index in [1.54, 1.807) is 13.2 Å². The van der Waals surface area contributed by atoms with Gasteiger partial charge in [0.25, 0.3) is 0 Å². The molecular formula is C11H17N3O2. The molecule has 0 bridgehead atoms. The van der Waals surface area contributed by atoms with Crippen LogP contribution >= 0.6 is 0 Å². The Labute approximate surface area is 95.3 Å². The minimum Gasteiger partial charge on any atom is -0.477 e. The lowest BCUT2D eigenvalue weighted by atomic mass is 10.3. The van der Waals surface area contributed by atoms with Crippen LogP contribution in [0.4, 0.5) is 5.82 Å². The number of aromatic nitrogens is 2. The molecule has 1 rings (SSSR count). The normalized spacial score (nSPS) is 10.1. The monoisotopic (exact) mass is 223 g/mol. The van der Waals surface area contributed by atoms with Crippen LogP contribution in [-0.2, 0) is 11.3 Å². The first-order valence-corrected chi connectivity index (χ1v) is 5.01. The molecule has 2 N–H and O–H groups in total. The molecule has 1 aromatic rings. The Morgan fingerprint density at radius 2 is 2.25 bits per heavy atom. The van der Waals surface area contributed by atoms with Crippen LogP contribution in [0.3, 0.4) is 0 Å². The highest BCUT2D eigenvalue weighted by atomic mass is 16.5. The van der Waals surface area contributed by atoms with Gasteiger partial charge in [-0.15, -0.1) is 6.58 Å².